The largest absolute Gasteiger partial charge is 0.329 e. The summed E-state index contributed by atoms with van der Waals surface area (Å²) in [5.41, 5.74) is 0.138. The predicted molar refractivity (Wildman–Crippen MR) is 77.5 cm³/mol. The molecule has 1 N–H and O–H groups in total. The van der Waals surface area contributed by atoms with E-state index in [1.165, 1.54) is 69.1 Å². The van der Waals surface area contributed by atoms with E-state index < -0.39 is 0 Å². The number of nitrogens with one attached hydrogen (secondary N) is 1. The van der Waals surface area contributed by atoms with Crippen molar-refractivity contribution in [1.82, 2.24) is 20.2 Å². The van der Waals surface area contributed by atoms with Crippen LogP contribution in [0.15, 0.2) is 0 Å². The van der Waals surface area contributed by atoms with E-state index in [0.29, 0.717) is 6.04 Å². The van der Waals surface area contributed by atoms with Crippen molar-refractivity contribution in [3.63, 3.8) is 0 Å². The Morgan fingerprint density at radius 1 is 1.00 bits per heavy atom. The molecule has 1 aromatic heterocycles. The fourth-order valence-corrected chi connectivity index (χ4v) is 4.18. The van der Waals surface area contributed by atoms with Gasteiger partial charge < -0.3 is 4.90 Å². The van der Waals surface area contributed by atoms with Crippen LogP contribution in [0.2, 0.25) is 0 Å². The van der Waals surface area contributed by atoms with Crippen molar-refractivity contribution in [1.29, 1.82) is 0 Å². The lowest BCUT2D eigenvalue weighted by atomic mass is 9.79. The van der Waals surface area contributed by atoms with Gasteiger partial charge in [0, 0.05) is 12.8 Å². The minimum Gasteiger partial charge on any atom is -0.329 e. The van der Waals surface area contributed by atoms with Crippen molar-refractivity contribution >= 4 is 0 Å². The Morgan fingerprint density at radius 2 is 1.65 bits per heavy atom. The van der Waals surface area contributed by atoms with Crippen LogP contribution in [0.5, 0.6) is 0 Å². The Morgan fingerprint density at radius 3 is 2.30 bits per heavy atom. The van der Waals surface area contributed by atoms with Gasteiger partial charge in [-0.15, -0.1) is 5.10 Å². The van der Waals surface area contributed by atoms with Gasteiger partial charge in [0.25, 0.3) is 0 Å². The summed E-state index contributed by atoms with van der Waals surface area (Å²) in [5, 5.41) is 12.9. The van der Waals surface area contributed by atoms with Crippen LogP contribution in [0.1, 0.15) is 76.1 Å². The van der Waals surface area contributed by atoms with Crippen molar-refractivity contribution in [3.8, 4) is 0 Å². The van der Waals surface area contributed by atoms with Gasteiger partial charge in [-0.05, 0) is 36.1 Å². The zero-order chi connectivity index (χ0) is 14.0. The van der Waals surface area contributed by atoms with Crippen LogP contribution in [-0.4, -0.2) is 34.3 Å². The quantitative estimate of drug-likeness (QED) is 0.911. The van der Waals surface area contributed by atoms with Gasteiger partial charge in [-0.3, -0.25) is 0 Å². The topological polar surface area (TPSA) is 48.0 Å². The third-order valence-corrected chi connectivity index (χ3v) is 5.51. The Balaban J connectivity index is 1.93. The van der Waals surface area contributed by atoms with Gasteiger partial charge >= 0.3 is 0 Å². The lowest BCUT2D eigenvalue weighted by Gasteiger charge is -2.39. The van der Waals surface area contributed by atoms with E-state index >= 15 is 0 Å². The van der Waals surface area contributed by atoms with Crippen LogP contribution in [0.3, 0.4) is 0 Å². The first-order valence-electron chi connectivity index (χ1n) is 8.33. The van der Waals surface area contributed by atoms with Gasteiger partial charge in [-0.1, -0.05) is 25.7 Å². The van der Waals surface area contributed by atoms with Crippen molar-refractivity contribution in [2.75, 3.05) is 14.1 Å². The van der Waals surface area contributed by atoms with Gasteiger partial charge in [0.1, 0.15) is 0 Å². The molecule has 0 unspecified atom stereocenters. The fraction of sp³-hybridized carbons (Fsp3) is 0.933. The molecule has 0 aromatic carbocycles. The highest BCUT2D eigenvalue weighted by Gasteiger charge is 2.45. The number of tetrazole rings is 1. The van der Waals surface area contributed by atoms with Gasteiger partial charge in [0.15, 0.2) is 5.54 Å². The van der Waals surface area contributed by atoms with Crippen molar-refractivity contribution in [2.24, 2.45) is 0 Å². The van der Waals surface area contributed by atoms with Crippen molar-refractivity contribution < 1.29 is 4.90 Å². The zero-order valence-electron chi connectivity index (χ0n) is 12.9. The summed E-state index contributed by atoms with van der Waals surface area (Å²) in [6.45, 7) is 0. The number of rotatable bonds is 3. The first kappa shape index (κ1) is 14.0. The van der Waals surface area contributed by atoms with Crippen LogP contribution < -0.4 is 4.90 Å². The normalized spacial score (nSPS) is 24.1. The molecule has 3 rings (SSSR count). The third kappa shape index (κ3) is 2.36. The average Bonchev–Trinajstić information content (AvgIpc) is 2.98. The first-order chi connectivity index (χ1) is 9.74. The summed E-state index contributed by atoms with van der Waals surface area (Å²) in [6.07, 6.45) is 12.9. The lowest BCUT2D eigenvalue weighted by Crippen LogP contribution is -3.14. The van der Waals surface area contributed by atoms with E-state index in [0.717, 1.165) is 5.82 Å². The van der Waals surface area contributed by atoms with Gasteiger partial charge in [0.05, 0.1) is 20.1 Å². The molecule has 0 spiro atoms. The second-order valence-corrected chi connectivity index (χ2v) is 6.88. The van der Waals surface area contributed by atoms with Crippen molar-refractivity contribution in [3.05, 3.63) is 5.82 Å². The molecule has 0 aliphatic heterocycles. The molecule has 1 aromatic rings. The minimum atomic E-state index is 0.138. The van der Waals surface area contributed by atoms with Crippen LogP contribution in [0.4, 0.5) is 0 Å². The standard InChI is InChI=1S/C15H27N5/c1-19(2)15(11-7-4-8-12-15)14-16-17-18-20(14)13-9-5-3-6-10-13/h13H,3-12H2,1-2H3/p+1. The fourth-order valence-electron chi connectivity index (χ4n) is 4.18. The van der Waals surface area contributed by atoms with Gasteiger partial charge in [-0.25, -0.2) is 4.68 Å². The highest BCUT2D eigenvalue weighted by atomic mass is 15.6. The molecule has 2 saturated carbocycles. The van der Waals surface area contributed by atoms with E-state index in [9.17, 15) is 0 Å². The predicted octanol–water partition coefficient (Wildman–Crippen LogP) is 1.48. The van der Waals surface area contributed by atoms with Crippen LogP contribution in [-0.2, 0) is 5.54 Å². The molecular weight excluding hydrogens is 250 g/mol. The summed E-state index contributed by atoms with van der Waals surface area (Å²) >= 11 is 0. The zero-order valence-corrected chi connectivity index (χ0v) is 12.9. The monoisotopic (exact) mass is 278 g/mol. The molecule has 0 amide bonds. The van der Waals surface area contributed by atoms with E-state index in [2.05, 4.69) is 34.3 Å². The smallest absolute Gasteiger partial charge is 0.212 e. The number of aromatic nitrogens is 4. The lowest BCUT2D eigenvalue weighted by molar-refractivity contribution is -0.927. The van der Waals surface area contributed by atoms with E-state index in [4.69, 9.17) is 0 Å². The summed E-state index contributed by atoms with van der Waals surface area (Å²) in [5.74, 6) is 1.16. The average molecular weight is 278 g/mol. The van der Waals surface area contributed by atoms with Crippen LogP contribution in [0, 0.1) is 0 Å². The maximum absolute atomic E-state index is 4.49. The Kier molecular flexibility index (Phi) is 4.06. The third-order valence-electron chi connectivity index (χ3n) is 5.51. The second kappa shape index (κ2) is 5.80. The number of nitrogens with zero attached hydrogens (tertiary/aromatic N) is 4. The maximum Gasteiger partial charge on any atom is 0.212 e. The second-order valence-electron chi connectivity index (χ2n) is 6.88. The molecule has 1 heterocycles. The molecular formula is C15H28N5+. The van der Waals surface area contributed by atoms with E-state index in [1.54, 1.807) is 0 Å². The van der Waals surface area contributed by atoms with Crippen LogP contribution in [0.25, 0.3) is 0 Å². The molecule has 0 saturated heterocycles. The molecule has 2 fully saturated rings. The van der Waals surface area contributed by atoms with Gasteiger partial charge in [0.2, 0.25) is 5.82 Å². The molecule has 5 nitrogen and oxygen atoms in total. The molecule has 20 heavy (non-hydrogen) atoms. The van der Waals surface area contributed by atoms with E-state index in [-0.39, 0.29) is 5.54 Å². The Labute approximate surface area is 121 Å². The number of hydrogen-bond donors (Lipinski definition) is 1. The summed E-state index contributed by atoms with van der Waals surface area (Å²) < 4.78 is 2.19. The van der Waals surface area contributed by atoms with Crippen molar-refractivity contribution in [2.45, 2.75) is 75.8 Å². The molecule has 5 heteroatoms. The first-order valence-corrected chi connectivity index (χ1v) is 8.33. The summed E-state index contributed by atoms with van der Waals surface area (Å²) in [6, 6.07) is 0.534. The maximum atomic E-state index is 4.49. The molecule has 0 atom stereocenters. The van der Waals surface area contributed by atoms with E-state index in [1.807, 2.05) is 0 Å². The number of hydrogen-bond acceptors (Lipinski definition) is 3. The Bertz CT molecular complexity index is 427. The molecule has 2 aliphatic rings. The Hall–Kier alpha value is -0.970. The molecule has 112 valence electrons. The molecule has 0 bridgehead atoms. The molecule has 0 radical (unpaired) electrons. The van der Waals surface area contributed by atoms with Gasteiger partial charge in [-0.2, -0.15) is 0 Å². The summed E-state index contributed by atoms with van der Waals surface area (Å²) in [7, 11) is 4.54. The highest BCUT2D eigenvalue weighted by molar-refractivity contribution is 5.02. The summed E-state index contributed by atoms with van der Waals surface area (Å²) in [4.78, 5) is 1.49. The highest BCUT2D eigenvalue weighted by Crippen LogP contribution is 2.36. The number of quaternary nitrogens is 1. The van der Waals surface area contributed by atoms with Crippen LogP contribution >= 0.6 is 0 Å². The molecule has 2 aliphatic carbocycles. The SMILES string of the molecule is C[NH+](C)C1(c2nnnn2C2CCCCC2)CCCCC1. The minimum absolute atomic E-state index is 0.138.